The highest BCUT2D eigenvalue weighted by Crippen LogP contribution is 2.26. The number of carbonyl (C=O) groups excluding carboxylic acids is 3. The molecule has 178 valence electrons. The number of hydrogen-bond donors (Lipinski definition) is 2. The van der Waals surface area contributed by atoms with Crippen molar-refractivity contribution in [2.24, 2.45) is 5.92 Å². The van der Waals surface area contributed by atoms with Gasteiger partial charge in [-0.25, -0.2) is 9.97 Å². The molecular weight excluding hydrogens is 457 g/mol. The van der Waals surface area contributed by atoms with Crippen molar-refractivity contribution in [3.05, 3.63) is 52.1 Å². The SMILES string of the molecule is CC(=O)c1ccc(N(Cc2cnc3nc(NC(=O)C(C)C)[nH]c(=O)c3n2)C(=O)C(F)(F)F)cc1. The van der Waals surface area contributed by atoms with E-state index in [9.17, 15) is 32.3 Å². The predicted molar refractivity (Wildman–Crippen MR) is 115 cm³/mol. The van der Waals surface area contributed by atoms with Crippen LogP contribution in [0.3, 0.4) is 0 Å². The fourth-order valence-electron chi connectivity index (χ4n) is 2.82. The molecule has 2 N–H and O–H groups in total. The van der Waals surface area contributed by atoms with E-state index in [0.29, 0.717) is 4.90 Å². The smallest absolute Gasteiger partial charge is 0.299 e. The number of alkyl halides is 3. The van der Waals surface area contributed by atoms with Crippen LogP contribution in [0.15, 0.2) is 35.3 Å². The van der Waals surface area contributed by atoms with E-state index in [0.717, 1.165) is 6.20 Å². The molecule has 0 saturated heterocycles. The van der Waals surface area contributed by atoms with Gasteiger partial charge in [-0.3, -0.25) is 34.4 Å². The molecule has 13 heteroatoms. The fourth-order valence-corrected chi connectivity index (χ4v) is 2.82. The molecule has 0 bridgehead atoms. The van der Waals surface area contributed by atoms with Crippen LogP contribution in [-0.4, -0.2) is 43.7 Å². The van der Waals surface area contributed by atoms with Crippen molar-refractivity contribution in [1.29, 1.82) is 0 Å². The number of carbonyl (C=O) groups is 3. The Morgan fingerprint density at radius 2 is 1.76 bits per heavy atom. The highest BCUT2D eigenvalue weighted by atomic mass is 19.4. The first-order valence-electron chi connectivity index (χ1n) is 9.93. The fraction of sp³-hybridized carbons (Fsp3) is 0.286. The first-order valence-corrected chi connectivity index (χ1v) is 9.93. The predicted octanol–water partition coefficient (Wildman–Crippen LogP) is 2.61. The number of fused-ring (bicyclic) bond motifs is 1. The monoisotopic (exact) mass is 476 g/mol. The first kappa shape index (κ1) is 24.5. The Bertz CT molecular complexity index is 1320. The minimum absolute atomic E-state index is 0.119. The van der Waals surface area contributed by atoms with E-state index >= 15 is 0 Å². The van der Waals surface area contributed by atoms with E-state index in [1.54, 1.807) is 13.8 Å². The lowest BCUT2D eigenvalue weighted by atomic mass is 10.1. The first-order chi connectivity index (χ1) is 15.9. The molecule has 0 aliphatic heterocycles. The Balaban J connectivity index is 1.97. The van der Waals surface area contributed by atoms with Crippen molar-refractivity contribution in [3.8, 4) is 0 Å². The molecule has 0 atom stereocenters. The standard InChI is InChI=1S/C21H19F3N6O4/c1-10(2)17(32)28-20-27-16-15(18(33)29-20)26-13(8-25-16)9-30(19(34)21(22,23)24)14-6-4-12(5-7-14)11(3)31/h4-8,10H,9H2,1-3H3,(H2,25,27,28,29,32,33). The number of aromatic amines is 1. The number of Topliss-reactive ketones (excluding diaryl/α,β-unsaturated/α-hetero) is 1. The zero-order valence-corrected chi connectivity index (χ0v) is 18.2. The number of anilines is 2. The lowest BCUT2D eigenvalue weighted by Crippen LogP contribution is -2.41. The molecule has 2 amide bonds. The minimum atomic E-state index is -5.19. The maximum Gasteiger partial charge on any atom is 0.471 e. The van der Waals surface area contributed by atoms with Crippen LogP contribution in [0.5, 0.6) is 0 Å². The zero-order chi connectivity index (χ0) is 25.2. The summed E-state index contributed by atoms with van der Waals surface area (Å²) in [5, 5.41) is 2.41. The normalized spacial score (nSPS) is 11.5. The largest absolute Gasteiger partial charge is 0.471 e. The second-order valence-electron chi connectivity index (χ2n) is 7.58. The number of aromatic nitrogens is 4. The molecule has 0 aliphatic carbocycles. The Morgan fingerprint density at radius 1 is 1.12 bits per heavy atom. The van der Waals surface area contributed by atoms with Gasteiger partial charge in [0.15, 0.2) is 16.9 Å². The van der Waals surface area contributed by atoms with Crippen LogP contribution >= 0.6 is 0 Å². The number of benzene rings is 1. The van der Waals surface area contributed by atoms with Gasteiger partial charge in [0.1, 0.15) is 0 Å². The topological polar surface area (TPSA) is 138 Å². The van der Waals surface area contributed by atoms with E-state index in [1.807, 2.05) is 0 Å². The molecule has 3 rings (SSSR count). The number of nitrogens with zero attached hydrogens (tertiary/aromatic N) is 4. The molecule has 10 nitrogen and oxygen atoms in total. The van der Waals surface area contributed by atoms with Crippen LogP contribution in [0, 0.1) is 5.92 Å². The molecule has 0 saturated carbocycles. The van der Waals surface area contributed by atoms with Crippen molar-refractivity contribution < 1.29 is 27.6 Å². The van der Waals surface area contributed by atoms with Crippen LogP contribution in [0.1, 0.15) is 36.8 Å². The van der Waals surface area contributed by atoms with Crippen LogP contribution in [0.25, 0.3) is 11.2 Å². The van der Waals surface area contributed by atoms with E-state index in [4.69, 9.17) is 0 Å². The van der Waals surface area contributed by atoms with Crippen molar-refractivity contribution in [1.82, 2.24) is 19.9 Å². The molecule has 0 radical (unpaired) electrons. The summed E-state index contributed by atoms with van der Waals surface area (Å²) in [4.78, 5) is 62.4. The van der Waals surface area contributed by atoms with Crippen molar-refractivity contribution >= 4 is 40.4 Å². The minimum Gasteiger partial charge on any atom is -0.299 e. The van der Waals surface area contributed by atoms with Gasteiger partial charge < -0.3 is 0 Å². The van der Waals surface area contributed by atoms with E-state index in [2.05, 4.69) is 25.3 Å². The van der Waals surface area contributed by atoms with Gasteiger partial charge >= 0.3 is 12.1 Å². The summed E-state index contributed by atoms with van der Waals surface area (Å²) < 4.78 is 39.7. The summed E-state index contributed by atoms with van der Waals surface area (Å²) in [5.41, 5.74) is -1.21. The lowest BCUT2D eigenvalue weighted by molar-refractivity contribution is -0.170. The Morgan fingerprint density at radius 3 is 2.32 bits per heavy atom. The second-order valence-corrected chi connectivity index (χ2v) is 7.58. The average molecular weight is 476 g/mol. The van der Waals surface area contributed by atoms with E-state index < -0.39 is 30.1 Å². The summed E-state index contributed by atoms with van der Waals surface area (Å²) in [6, 6.07) is 4.99. The molecule has 34 heavy (non-hydrogen) atoms. The van der Waals surface area contributed by atoms with Crippen LogP contribution in [-0.2, 0) is 16.1 Å². The van der Waals surface area contributed by atoms with Crippen LogP contribution in [0.4, 0.5) is 24.8 Å². The Kier molecular flexibility index (Phi) is 6.75. The molecule has 2 heterocycles. The Labute approximate surface area is 190 Å². The third-order valence-corrected chi connectivity index (χ3v) is 4.63. The summed E-state index contributed by atoms with van der Waals surface area (Å²) in [6.07, 6.45) is -4.12. The number of ketones is 1. The van der Waals surface area contributed by atoms with Crippen LogP contribution in [0.2, 0.25) is 0 Å². The second kappa shape index (κ2) is 9.37. The van der Waals surface area contributed by atoms with Gasteiger partial charge in [0.25, 0.3) is 5.56 Å². The molecule has 0 fully saturated rings. The lowest BCUT2D eigenvalue weighted by Gasteiger charge is -2.23. The number of H-pyrrole nitrogens is 1. The highest BCUT2D eigenvalue weighted by Gasteiger charge is 2.43. The summed E-state index contributed by atoms with van der Waals surface area (Å²) >= 11 is 0. The summed E-state index contributed by atoms with van der Waals surface area (Å²) in [6.45, 7) is 3.92. The quantitative estimate of drug-likeness (QED) is 0.522. The number of halogens is 3. The van der Waals surface area contributed by atoms with Crippen LogP contribution < -0.4 is 15.8 Å². The summed E-state index contributed by atoms with van der Waals surface area (Å²) in [7, 11) is 0. The molecule has 0 unspecified atom stereocenters. The van der Waals surface area contributed by atoms with Gasteiger partial charge in [-0.15, -0.1) is 0 Å². The molecule has 3 aromatic rings. The number of amides is 2. The molecular formula is C21H19F3N6O4. The molecule has 0 aliphatic rings. The summed E-state index contributed by atoms with van der Waals surface area (Å²) in [5.74, 6) is -3.39. The number of rotatable bonds is 6. The van der Waals surface area contributed by atoms with Gasteiger partial charge in [-0.2, -0.15) is 18.2 Å². The third-order valence-electron chi connectivity index (χ3n) is 4.63. The molecule has 2 aromatic heterocycles. The van der Waals surface area contributed by atoms with Crippen molar-refractivity contribution in [2.75, 3.05) is 10.2 Å². The molecule has 1 aromatic carbocycles. The molecule has 0 spiro atoms. The number of nitrogens with one attached hydrogen (secondary N) is 2. The third kappa shape index (κ3) is 5.42. The van der Waals surface area contributed by atoms with Gasteiger partial charge in [0.05, 0.1) is 18.4 Å². The van der Waals surface area contributed by atoms with E-state index in [1.165, 1.54) is 31.2 Å². The Hall–Kier alpha value is -4.16. The van der Waals surface area contributed by atoms with E-state index in [-0.39, 0.29) is 45.8 Å². The van der Waals surface area contributed by atoms with Gasteiger partial charge in [-0.1, -0.05) is 13.8 Å². The van der Waals surface area contributed by atoms with Crippen molar-refractivity contribution in [2.45, 2.75) is 33.5 Å². The maximum atomic E-state index is 13.2. The average Bonchev–Trinajstić information content (AvgIpc) is 2.76. The van der Waals surface area contributed by atoms with Gasteiger partial charge in [0, 0.05) is 17.2 Å². The zero-order valence-electron chi connectivity index (χ0n) is 18.2. The maximum absolute atomic E-state index is 13.2. The van der Waals surface area contributed by atoms with Crippen molar-refractivity contribution in [3.63, 3.8) is 0 Å². The van der Waals surface area contributed by atoms with Gasteiger partial charge in [0.2, 0.25) is 11.9 Å². The number of hydrogen-bond acceptors (Lipinski definition) is 7. The highest BCUT2D eigenvalue weighted by molar-refractivity contribution is 5.98. The van der Waals surface area contributed by atoms with Gasteiger partial charge in [-0.05, 0) is 31.2 Å².